The molecule has 0 spiro atoms. The van der Waals surface area contributed by atoms with E-state index in [-0.39, 0.29) is 11.6 Å². The van der Waals surface area contributed by atoms with Gasteiger partial charge in [0.2, 0.25) is 0 Å². The summed E-state index contributed by atoms with van der Waals surface area (Å²) in [4.78, 5) is 23.3. The Morgan fingerprint density at radius 3 is 2.50 bits per heavy atom. The molecule has 0 aliphatic carbocycles. The highest BCUT2D eigenvalue weighted by atomic mass is 19.1. The number of amides is 2. The summed E-state index contributed by atoms with van der Waals surface area (Å²) in [5.41, 5.74) is 0.0539. The molecule has 0 saturated heterocycles. The maximum absolute atomic E-state index is 13.4. The number of anilines is 1. The molecule has 0 radical (unpaired) electrons. The lowest BCUT2D eigenvalue weighted by atomic mass is 10.0. The van der Waals surface area contributed by atoms with Gasteiger partial charge in [-0.2, -0.15) is 0 Å². The van der Waals surface area contributed by atoms with Crippen LogP contribution in [0.5, 0.6) is 0 Å². The highest BCUT2D eigenvalue weighted by molar-refractivity contribution is 5.92. The largest absolute Gasteiger partial charge is 0.467 e. The Labute approximate surface area is 117 Å². The first-order valence-corrected chi connectivity index (χ1v) is 6.34. The maximum Gasteiger partial charge on any atom is 0.328 e. The number of para-hydroxylation sites is 1. The summed E-state index contributed by atoms with van der Waals surface area (Å²) in [5.74, 6) is -0.864. The second-order valence-corrected chi connectivity index (χ2v) is 4.78. The third-order valence-corrected chi connectivity index (χ3v) is 2.62. The molecule has 2 N–H and O–H groups in total. The molecule has 1 unspecified atom stereocenters. The van der Waals surface area contributed by atoms with Crippen LogP contribution in [0.25, 0.3) is 0 Å². The molecule has 2 amide bonds. The predicted octanol–water partition coefficient (Wildman–Crippen LogP) is 2.53. The third kappa shape index (κ3) is 4.87. The lowest BCUT2D eigenvalue weighted by Gasteiger charge is -2.18. The fourth-order valence-corrected chi connectivity index (χ4v) is 1.71. The van der Waals surface area contributed by atoms with Crippen LogP contribution in [0.2, 0.25) is 0 Å². The standard InChI is InChI=1S/C14H19FN2O3/c1-9(2)8-12(13(18)20-3)17-14(19)16-11-7-5-4-6-10(11)15/h4-7,9,12H,8H2,1-3H3,(H2,16,17,19). The SMILES string of the molecule is COC(=O)C(CC(C)C)NC(=O)Nc1ccccc1F. The number of methoxy groups -OCH3 is 1. The molecule has 0 bridgehead atoms. The zero-order chi connectivity index (χ0) is 15.1. The zero-order valence-electron chi connectivity index (χ0n) is 11.8. The summed E-state index contributed by atoms with van der Waals surface area (Å²) >= 11 is 0. The minimum atomic E-state index is -0.758. The second-order valence-electron chi connectivity index (χ2n) is 4.78. The van der Waals surface area contributed by atoms with E-state index in [9.17, 15) is 14.0 Å². The quantitative estimate of drug-likeness (QED) is 0.815. The van der Waals surface area contributed by atoms with Gasteiger partial charge in [-0.05, 0) is 24.5 Å². The summed E-state index contributed by atoms with van der Waals surface area (Å²) in [6, 6.07) is 4.39. The summed E-state index contributed by atoms with van der Waals surface area (Å²) in [5, 5.41) is 4.84. The Morgan fingerprint density at radius 1 is 1.30 bits per heavy atom. The molecule has 0 aliphatic rings. The van der Waals surface area contributed by atoms with Crippen LogP contribution in [0, 0.1) is 11.7 Å². The number of benzene rings is 1. The van der Waals surface area contributed by atoms with Gasteiger partial charge in [-0.15, -0.1) is 0 Å². The van der Waals surface area contributed by atoms with Crippen molar-refractivity contribution in [2.75, 3.05) is 12.4 Å². The van der Waals surface area contributed by atoms with Crippen molar-refractivity contribution in [1.29, 1.82) is 0 Å². The van der Waals surface area contributed by atoms with Crippen LogP contribution < -0.4 is 10.6 Å². The van der Waals surface area contributed by atoms with Crippen LogP contribution in [0.4, 0.5) is 14.9 Å². The van der Waals surface area contributed by atoms with Crippen LogP contribution >= 0.6 is 0 Å². The van der Waals surface area contributed by atoms with Crippen molar-refractivity contribution < 1.29 is 18.7 Å². The van der Waals surface area contributed by atoms with Crippen molar-refractivity contribution >= 4 is 17.7 Å². The average Bonchev–Trinajstić information content (AvgIpc) is 2.39. The van der Waals surface area contributed by atoms with Gasteiger partial charge >= 0.3 is 12.0 Å². The van der Waals surface area contributed by atoms with Crippen molar-refractivity contribution in [3.8, 4) is 0 Å². The molecule has 0 aromatic heterocycles. The monoisotopic (exact) mass is 282 g/mol. The minimum Gasteiger partial charge on any atom is -0.467 e. The highest BCUT2D eigenvalue weighted by Crippen LogP contribution is 2.12. The van der Waals surface area contributed by atoms with Crippen molar-refractivity contribution in [2.24, 2.45) is 5.92 Å². The topological polar surface area (TPSA) is 67.4 Å². The number of hydrogen-bond acceptors (Lipinski definition) is 3. The number of nitrogens with one attached hydrogen (secondary N) is 2. The summed E-state index contributed by atoms with van der Waals surface area (Å²) in [6.07, 6.45) is 0.442. The van der Waals surface area contributed by atoms with E-state index in [1.54, 1.807) is 6.07 Å². The molecule has 0 aliphatic heterocycles. The molecular weight excluding hydrogens is 263 g/mol. The molecule has 20 heavy (non-hydrogen) atoms. The van der Waals surface area contributed by atoms with E-state index in [0.717, 1.165) is 0 Å². The molecular formula is C14H19FN2O3. The van der Waals surface area contributed by atoms with Gasteiger partial charge in [0.1, 0.15) is 11.9 Å². The molecule has 6 heteroatoms. The normalized spacial score (nSPS) is 11.8. The number of rotatable bonds is 5. The Bertz CT molecular complexity index is 477. The molecule has 0 heterocycles. The van der Waals surface area contributed by atoms with Gasteiger partial charge in [-0.3, -0.25) is 0 Å². The lowest BCUT2D eigenvalue weighted by Crippen LogP contribution is -2.44. The van der Waals surface area contributed by atoms with Gasteiger partial charge in [0.25, 0.3) is 0 Å². The van der Waals surface area contributed by atoms with Crippen LogP contribution in [0.1, 0.15) is 20.3 Å². The van der Waals surface area contributed by atoms with Gasteiger partial charge in [0.15, 0.2) is 0 Å². The van der Waals surface area contributed by atoms with Crippen LogP contribution in [-0.4, -0.2) is 25.2 Å². The number of carbonyl (C=O) groups is 2. The van der Waals surface area contributed by atoms with E-state index >= 15 is 0 Å². The molecule has 0 fully saturated rings. The Morgan fingerprint density at radius 2 is 1.95 bits per heavy atom. The van der Waals surface area contributed by atoms with Crippen molar-refractivity contribution in [3.63, 3.8) is 0 Å². The van der Waals surface area contributed by atoms with Crippen molar-refractivity contribution in [1.82, 2.24) is 5.32 Å². The number of urea groups is 1. The lowest BCUT2D eigenvalue weighted by molar-refractivity contribution is -0.143. The number of ether oxygens (including phenoxy) is 1. The summed E-state index contributed by atoms with van der Waals surface area (Å²) < 4.78 is 18.0. The summed E-state index contributed by atoms with van der Waals surface area (Å²) in [7, 11) is 1.26. The Kier molecular flexibility index (Phi) is 5.96. The Balaban J connectivity index is 2.66. The van der Waals surface area contributed by atoms with E-state index in [0.29, 0.717) is 6.42 Å². The fourth-order valence-electron chi connectivity index (χ4n) is 1.71. The first kappa shape index (κ1) is 15.9. The first-order valence-electron chi connectivity index (χ1n) is 6.34. The number of hydrogen-bond donors (Lipinski definition) is 2. The average molecular weight is 282 g/mol. The van der Waals surface area contributed by atoms with E-state index < -0.39 is 23.9 Å². The minimum absolute atomic E-state index is 0.0539. The molecule has 1 rings (SSSR count). The van der Waals surface area contributed by atoms with E-state index in [2.05, 4.69) is 15.4 Å². The maximum atomic E-state index is 13.4. The number of carbonyl (C=O) groups excluding carboxylic acids is 2. The smallest absolute Gasteiger partial charge is 0.328 e. The van der Waals surface area contributed by atoms with E-state index in [1.807, 2.05) is 13.8 Å². The molecule has 1 aromatic rings. The zero-order valence-corrected chi connectivity index (χ0v) is 11.8. The van der Waals surface area contributed by atoms with Crippen molar-refractivity contribution in [2.45, 2.75) is 26.3 Å². The predicted molar refractivity (Wildman–Crippen MR) is 73.8 cm³/mol. The van der Waals surface area contributed by atoms with Gasteiger partial charge in [0.05, 0.1) is 12.8 Å². The van der Waals surface area contributed by atoms with E-state index in [1.165, 1.54) is 25.3 Å². The second kappa shape index (κ2) is 7.47. The van der Waals surface area contributed by atoms with Gasteiger partial charge in [-0.25, -0.2) is 14.0 Å². The third-order valence-electron chi connectivity index (χ3n) is 2.62. The van der Waals surface area contributed by atoms with E-state index in [4.69, 9.17) is 0 Å². The highest BCUT2D eigenvalue weighted by Gasteiger charge is 2.22. The van der Waals surface area contributed by atoms with Crippen LogP contribution in [0.3, 0.4) is 0 Å². The molecule has 110 valence electrons. The van der Waals surface area contributed by atoms with Crippen LogP contribution in [-0.2, 0) is 9.53 Å². The Hall–Kier alpha value is -2.11. The fraction of sp³-hybridized carbons (Fsp3) is 0.429. The number of halogens is 1. The van der Waals surface area contributed by atoms with Gasteiger partial charge in [-0.1, -0.05) is 26.0 Å². The molecule has 1 aromatic carbocycles. The molecule has 5 nitrogen and oxygen atoms in total. The molecule has 0 saturated carbocycles. The molecule has 1 atom stereocenters. The summed E-state index contributed by atoms with van der Waals surface area (Å²) in [6.45, 7) is 3.85. The number of esters is 1. The van der Waals surface area contributed by atoms with Gasteiger partial charge < -0.3 is 15.4 Å². The van der Waals surface area contributed by atoms with Crippen molar-refractivity contribution in [3.05, 3.63) is 30.1 Å². The first-order chi connectivity index (χ1) is 9.43. The van der Waals surface area contributed by atoms with Gasteiger partial charge in [0, 0.05) is 0 Å². The van der Waals surface area contributed by atoms with Crippen LogP contribution in [0.15, 0.2) is 24.3 Å².